The van der Waals surface area contributed by atoms with Crippen molar-refractivity contribution >= 4 is 28.3 Å². The quantitative estimate of drug-likeness (QED) is 0.178. The number of rotatable bonds is 7. The Balaban J connectivity index is 1.62. The van der Waals surface area contributed by atoms with E-state index in [2.05, 4.69) is 39.1 Å². The smallest absolute Gasteiger partial charge is 0.264 e. The summed E-state index contributed by atoms with van der Waals surface area (Å²) in [6, 6.07) is 19.0. The number of para-hydroxylation sites is 1. The van der Waals surface area contributed by atoms with Gasteiger partial charge in [-0.05, 0) is 42.6 Å². The Morgan fingerprint density at radius 1 is 1.12 bits per heavy atom. The highest BCUT2D eigenvalue weighted by Crippen LogP contribution is 2.26. The third kappa shape index (κ3) is 5.44. The van der Waals surface area contributed by atoms with Crippen LogP contribution in [0.2, 0.25) is 0 Å². The molecular weight excluding hydrogens is 530 g/mol. The Morgan fingerprint density at radius 3 is 2.64 bits per heavy atom. The molecule has 10 heteroatoms. The van der Waals surface area contributed by atoms with Crippen molar-refractivity contribution in [3.63, 3.8) is 0 Å². The van der Waals surface area contributed by atoms with Crippen molar-refractivity contribution in [1.29, 1.82) is 0 Å². The van der Waals surface area contributed by atoms with Crippen LogP contribution in [-0.4, -0.2) is 31.8 Å². The van der Waals surface area contributed by atoms with E-state index in [4.69, 9.17) is 5.73 Å². The number of aromatic nitrogens is 4. The molecular formula is C32H29N7O3. The normalized spacial score (nSPS) is 11.4. The molecule has 5 rings (SSSR count). The van der Waals surface area contributed by atoms with Crippen molar-refractivity contribution in [2.75, 3.05) is 17.6 Å². The van der Waals surface area contributed by atoms with Crippen LogP contribution in [-0.2, 0) is 7.05 Å². The van der Waals surface area contributed by atoms with Crippen molar-refractivity contribution in [3.05, 3.63) is 129 Å². The molecule has 10 nitrogen and oxygen atoms in total. The van der Waals surface area contributed by atoms with Crippen molar-refractivity contribution in [2.24, 2.45) is 7.05 Å². The number of hydrogen-bond donors (Lipinski definition) is 4. The van der Waals surface area contributed by atoms with Gasteiger partial charge in [0.1, 0.15) is 11.4 Å². The van der Waals surface area contributed by atoms with Gasteiger partial charge in [0.2, 0.25) is 5.56 Å². The fourth-order valence-electron chi connectivity index (χ4n) is 4.79. The Hall–Kier alpha value is -5.82. The molecule has 0 bridgehead atoms. The minimum atomic E-state index is -0.604. The van der Waals surface area contributed by atoms with Crippen LogP contribution < -0.4 is 27.5 Å². The van der Waals surface area contributed by atoms with Crippen molar-refractivity contribution in [1.82, 2.24) is 24.6 Å². The third-order valence-corrected chi connectivity index (χ3v) is 6.71. The third-order valence-electron chi connectivity index (χ3n) is 6.71. The highest BCUT2D eigenvalue weighted by Gasteiger charge is 2.25. The minimum absolute atomic E-state index is 0.0800. The molecule has 0 radical (unpaired) electrons. The van der Waals surface area contributed by atoms with E-state index in [1.165, 1.54) is 16.9 Å². The van der Waals surface area contributed by atoms with E-state index in [1.807, 2.05) is 48.5 Å². The standard InChI is InChI=1S/C32H29N7O3/c1-4-16-35-30-28(29(33)37-38(30)3)31(41)36-20(2)25-19-23-10-8-9-22(14-13-21-15-17-34-26(40)18-21)27(23)32(42)39(25)24-11-6-5-7-12-24/h4-12,15,17-20,35H,1,16H2,2-3H3,(H2,33,37)(H,34,40)(H,36,41). The summed E-state index contributed by atoms with van der Waals surface area (Å²) < 4.78 is 3.08. The average Bonchev–Trinajstić information content (AvgIpc) is 3.27. The van der Waals surface area contributed by atoms with Crippen LogP contribution >= 0.6 is 0 Å². The lowest BCUT2D eigenvalue weighted by molar-refractivity contribution is 0.0940. The fourth-order valence-corrected chi connectivity index (χ4v) is 4.79. The van der Waals surface area contributed by atoms with Crippen LogP contribution in [0.1, 0.15) is 40.1 Å². The second kappa shape index (κ2) is 11.7. The summed E-state index contributed by atoms with van der Waals surface area (Å²) in [6.07, 6.45) is 3.19. The molecule has 0 aliphatic carbocycles. The zero-order valence-electron chi connectivity index (χ0n) is 23.1. The first-order valence-electron chi connectivity index (χ1n) is 13.2. The molecule has 5 aromatic rings. The number of anilines is 2. The lowest BCUT2D eigenvalue weighted by Gasteiger charge is -2.21. The van der Waals surface area contributed by atoms with Crippen LogP contribution in [0.25, 0.3) is 16.5 Å². The molecule has 1 unspecified atom stereocenters. The first-order chi connectivity index (χ1) is 20.3. The number of nitrogens with two attached hydrogens (primary N) is 1. The van der Waals surface area contributed by atoms with Gasteiger partial charge in [0.25, 0.3) is 11.5 Å². The van der Waals surface area contributed by atoms with Crippen LogP contribution in [0, 0.1) is 11.8 Å². The number of benzene rings is 2. The van der Waals surface area contributed by atoms with Gasteiger partial charge in [-0.25, -0.2) is 0 Å². The van der Waals surface area contributed by atoms with E-state index in [-0.39, 0.29) is 22.5 Å². The number of amides is 1. The number of nitrogens with zero attached hydrogens (tertiary/aromatic N) is 3. The van der Waals surface area contributed by atoms with Gasteiger partial charge in [0.05, 0.1) is 11.4 Å². The van der Waals surface area contributed by atoms with E-state index in [9.17, 15) is 14.4 Å². The molecule has 3 heterocycles. The summed E-state index contributed by atoms with van der Waals surface area (Å²) in [5, 5.41) is 11.4. The van der Waals surface area contributed by atoms with Crippen LogP contribution in [0.5, 0.6) is 0 Å². The molecule has 0 saturated carbocycles. The summed E-state index contributed by atoms with van der Waals surface area (Å²) in [5.74, 6) is 6.14. The number of hydrogen-bond acceptors (Lipinski definition) is 6. The van der Waals surface area contributed by atoms with Gasteiger partial charge in [-0.1, -0.05) is 48.2 Å². The molecule has 0 aliphatic rings. The largest absolute Gasteiger partial charge is 0.381 e. The van der Waals surface area contributed by atoms with E-state index in [1.54, 1.807) is 36.7 Å². The highest BCUT2D eigenvalue weighted by molar-refractivity contribution is 6.03. The average molecular weight is 560 g/mol. The summed E-state index contributed by atoms with van der Waals surface area (Å²) in [7, 11) is 1.69. The number of nitrogen functional groups attached to an aromatic ring is 1. The number of aryl methyl sites for hydroxylation is 1. The van der Waals surface area contributed by atoms with Crippen LogP contribution in [0.4, 0.5) is 11.6 Å². The van der Waals surface area contributed by atoms with Crippen LogP contribution in [0.3, 0.4) is 0 Å². The number of carbonyl (C=O) groups is 1. The zero-order chi connectivity index (χ0) is 29.8. The minimum Gasteiger partial charge on any atom is -0.381 e. The number of aromatic amines is 1. The molecule has 1 atom stereocenters. The molecule has 0 aliphatic heterocycles. The summed E-state index contributed by atoms with van der Waals surface area (Å²) in [6.45, 7) is 5.92. The lowest BCUT2D eigenvalue weighted by atomic mass is 10.0. The Kier molecular flexibility index (Phi) is 7.75. The van der Waals surface area contributed by atoms with Gasteiger partial charge in [0.15, 0.2) is 5.82 Å². The fraction of sp³-hybridized carbons (Fsp3) is 0.125. The molecule has 5 N–H and O–H groups in total. The predicted molar refractivity (Wildman–Crippen MR) is 165 cm³/mol. The van der Waals surface area contributed by atoms with E-state index in [0.717, 1.165) is 0 Å². The van der Waals surface area contributed by atoms with Gasteiger partial charge in [-0.15, -0.1) is 6.58 Å². The second-order valence-corrected chi connectivity index (χ2v) is 9.60. The van der Waals surface area contributed by atoms with E-state index < -0.39 is 11.9 Å². The maximum atomic E-state index is 14.2. The Morgan fingerprint density at radius 2 is 1.90 bits per heavy atom. The van der Waals surface area contributed by atoms with Gasteiger partial charge < -0.3 is 21.4 Å². The summed E-state index contributed by atoms with van der Waals surface area (Å²) in [4.78, 5) is 42.0. The first kappa shape index (κ1) is 27.7. The topological polar surface area (TPSA) is 140 Å². The highest BCUT2D eigenvalue weighted by atomic mass is 16.2. The monoisotopic (exact) mass is 559 g/mol. The van der Waals surface area contributed by atoms with Gasteiger partial charge in [-0.2, -0.15) is 5.10 Å². The second-order valence-electron chi connectivity index (χ2n) is 9.60. The van der Waals surface area contributed by atoms with Crippen molar-refractivity contribution < 1.29 is 4.79 Å². The summed E-state index contributed by atoms with van der Waals surface area (Å²) >= 11 is 0. The van der Waals surface area contributed by atoms with Crippen molar-refractivity contribution in [3.8, 4) is 17.5 Å². The number of pyridine rings is 2. The Bertz CT molecular complexity index is 1990. The molecule has 2 aromatic carbocycles. The molecule has 0 spiro atoms. The number of H-pyrrole nitrogens is 1. The van der Waals surface area contributed by atoms with Gasteiger partial charge >= 0.3 is 0 Å². The maximum Gasteiger partial charge on any atom is 0.264 e. The molecule has 42 heavy (non-hydrogen) atoms. The maximum absolute atomic E-state index is 14.2. The molecule has 0 saturated heterocycles. The van der Waals surface area contributed by atoms with E-state index in [0.29, 0.717) is 45.6 Å². The molecule has 210 valence electrons. The molecule has 1 amide bonds. The van der Waals surface area contributed by atoms with E-state index >= 15 is 0 Å². The number of nitrogens with one attached hydrogen (secondary N) is 3. The molecule has 3 aromatic heterocycles. The van der Waals surface area contributed by atoms with Crippen molar-refractivity contribution in [2.45, 2.75) is 13.0 Å². The zero-order valence-corrected chi connectivity index (χ0v) is 23.1. The number of carbonyl (C=O) groups excluding carboxylic acids is 1. The van der Waals surface area contributed by atoms with Gasteiger partial charge in [0, 0.05) is 48.4 Å². The van der Waals surface area contributed by atoms with Crippen LogP contribution in [0.15, 0.2) is 95.2 Å². The predicted octanol–water partition coefficient (Wildman–Crippen LogP) is 3.48. The molecule has 0 fully saturated rings. The SMILES string of the molecule is C=CCNc1c(C(=O)NC(C)c2cc3cccc(C#Cc4cc[nH]c(=O)c4)c3c(=O)n2-c2ccccc2)c(N)nn1C. The van der Waals surface area contributed by atoms with Gasteiger partial charge in [-0.3, -0.25) is 23.6 Å². The number of fused-ring (bicyclic) bond motifs is 1. The first-order valence-corrected chi connectivity index (χ1v) is 13.2. The summed E-state index contributed by atoms with van der Waals surface area (Å²) in [5.41, 5.74) is 8.00. The Labute approximate surface area is 241 Å². The lowest BCUT2D eigenvalue weighted by Crippen LogP contribution is -2.32.